The van der Waals surface area contributed by atoms with E-state index in [4.69, 9.17) is 9.72 Å². The van der Waals surface area contributed by atoms with E-state index in [1.54, 1.807) is 32.8 Å². The lowest BCUT2D eigenvalue weighted by Gasteiger charge is -2.47. The van der Waals surface area contributed by atoms with Crippen LogP contribution >= 0.6 is 23.1 Å². The van der Waals surface area contributed by atoms with E-state index in [9.17, 15) is 14.2 Å². The van der Waals surface area contributed by atoms with Crippen LogP contribution in [-0.2, 0) is 33.4 Å². The van der Waals surface area contributed by atoms with Crippen molar-refractivity contribution in [2.24, 2.45) is 5.41 Å². The number of ether oxygens (including phenoxy) is 1. The summed E-state index contributed by atoms with van der Waals surface area (Å²) in [4.78, 5) is 47.2. The normalized spacial score (nSPS) is 18.1. The van der Waals surface area contributed by atoms with Crippen molar-refractivity contribution in [2.75, 3.05) is 68.7 Å². The Labute approximate surface area is 381 Å². The van der Waals surface area contributed by atoms with Gasteiger partial charge in [-0.25, -0.2) is 23.7 Å². The van der Waals surface area contributed by atoms with E-state index in [2.05, 4.69) is 75.7 Å². The summed E-state index contributed by atoms with van der Waals surface area (Å²) >= 11 is 3.61. The molecule has 3 aliphatic rings. The highest BCUT2D eigenvalue weighted by Crippen LogP contribution is 2.45. The molecule has 3 aromatic carbocycles. The van der Waals surface area contributed by atoms with Crippen LogP contribution in [0.1, 0.15) is 80.8 Å². The zero-order valence-electron chi connectivity index (χ0n) is 37.0. The van der Waals surface area contributed by atoms with Gasteiger partial charge in [-0.1, -0.05) is 13.8 Å². The van der Waals surface area contributed by atoms with Crippen molar-refractivity contribution in [3.8, 4) is 5.75 Å². The summed E-state index contributed by atoms with van der Waals surface area (Å²) in [5.41, 5.74) is 5.05. The monoisotopic (exact) mass is 957 g/mol. The molecule has 3 aliphatic heterocycles. The Hall–Kier alpha value is -5.05. The first-order valence-electron chi connectivity index (χ1n) is 22.1. The molecule has 17 heteroatoms. The second-order valence-corrected chi connectivity index (χ2v) is 21.6. The Morgan fingerprint density at radius 3 is 2.30 bits per heavy atom. The molecular formula is C47H55BrF2N9O4P. The van der Waals surface area contributed by atoms with Gasteiger partial charge in [-0.2, -0.15) is 4.98 Å². The molecule has 3 saturated heterocycles. The quantitative estimate of drug-likeness (QED) is 0.0764. The molecule has 13 nitrogen and oxygen atoms in total. The van der Waals surface area contributed by atoms with Crippen LogP contribution in [0.3, 0.4) is 0 Å². The van der Waals surface area contributed by atoms with Gasteiger partial charge < -0.3 is 29.7 Å². The summed E-state index contributed by atoms with van der Waals surface area (Å²) in [6.07, 6.45) is 9.91. The van der Waals surface area contributed by atoms with Gasteiger partial charge in [0.25, 0.3) is 0 Å². The van der Waals surface area contributed by atoms with Crippen LogP contribution in [0.4, 0.5) is 37.6 Å². The average molecular weight is 959 g/mol. The van der Waals surface area contributed by atoms with Gasteiger partial charge in [0, 0.05) is 72.9 Å². The number of aryl methyl sites for hydroxylation is 2. The fourth-order valence-corrected chi connectivity index (χ4v) is 11.3. The molecule has 2 aromatic heterocycles. The molecule has 0 saturated carbocycles. The molecule has 5 heterocycles. The molecule has 1 spiro atoms. The van der Waals surface area contributed by atoms with Gasteiger partial charge in [0.15, 0.2) is 0 Å². The molecule has 0 aliphatic carbocycles. The maximum atomic E-state index is 15.1. The number of nitrogens with one attached hydrogen (secondary N) is 3. The van der Waals surface area contributed by atoms with Crippen LogP contribution in [0.5, 0.6) is 5.75 Å². The first-order chi connectivity index (χ1) is 30.7. The Kier molecular flexibility index (Phi) is 13.4. The first kappa shape index (κ1) is 45.5. The van der Waals surface area contributed by atoms with Crippen LogP contribution < -0.4 is 30.9 Å². The van der Waals surface area contributed by atoms with E-state index < -0.39 is 36.5 Å². The van der Waals surface area contributed by atoms with E-state index in [0.717, 1.165) is 86.4 Å². The number of rotatable bonds is 13. The summed E-state index contributed by atoms with van der Waals surface area (Å²) in [6.45, 7) is 12.1. The number of halogens is 3. The summed E-state index contributed by atoms with van der Waals surface area (Å²) in [5, 5.41) is 10.4. The largest absolute Gasteiger partial charge is 0.494 e. The summed E-state index contributed by atoms with van der Waals surface area (Å²) in [7, 11) is -1.12. The second kappa shape index (κ2) is 18.8. The summed E-state index contributed by atoms with van der Waals surface area (Å²) < 4.78 is 50.6. The number of likely N-dealkylation sites (tertiary alicyclic amines) is 1. The zero-order chi connectivity index (χ0) is 45.3. The van der Waals surface area contributed by atoms with Crippen LogP contribution in [0.2, 0.25) is 0 Å². The number of fused-ring (bicyclic) bond motifs is 1. The predicted molar refractivity (Wildman–Crippen MR) is 251 cm³/mol. The van der Waals surface area contributed by atoms with Crippen molar-refractivity contribution in [1.82, 2.24) is 30.2 Å². The number of aromatic nitrogens is 4. The minimum atomic E-state index is -2.79. The lowest BCUT2D eigenvalue weighted by atomic mass is 9.71. The minimum Gasteiger partial charge on any atom is -0.494 e. The number of piperidine rings is 3. The fraction of sp³-hybridized carbons (Fsp3) is 0.447. The third kappa shape index (κ3) is 9.65. The van der Waals surface area contributed by atoms with Crippen LogP contribution in [-0.4, -0.2) is 89.8 Å². The highest BCUT2D eigenvalue weighted by molar-refractivity contribution is 9.10. The standard InChI is InChI=1S/C47H55BrF2N9O4P/c1-6-29-24-37(55-46-52-27-32(48)44(57-46)54-36-10-9-35-31(43(36)64(4,5)62)26-51-40(7-2)53-35)39(63-3)25-38(29)59-20-15-47(16-21-59)13-18-58(19-14-47)17-12-28-22-33(49)42(34(50)23-28)30-8-11-41(60)56-45(30)61/h9-10,22-27,30H,6-8,11-21H2,1-5H3,(H,56,60,61)(H2,52,54,55,57)/t30-/m1/s1. The van der Waals surface area contributed by atoms with Crippen molar-refractivity contribution in [3.63, 3.8) is 0 Å². The predicted octanol–water partition coefficient (Wildman–Crippen LogP) is 8.77. The van der Waals surface area contributed by atoms with Gasteiger partial charge in [-0.15, -0.1) is 0 Å². The molecule has 2 amide bonds. The number of nitrogens with zero attached hydrogens (tertiary/aromatic N) is 6. The number of imide groups is 1. The van der Waals surface area contributed by atoms with E-state index in [0.29, 0.717) is 57.9 Å². The van der Waals surface area contributed by atoms with Gasteiger partial charge in [0.2, 0.25) is 17.8 Å². The zero-order valence-corrected chi connectivity index (χ0v) is 39.5. The average Bonchev–Trinajstić information content (AvgIpc) is 3.27. The van der Waals surface area contributed by atoms with Gasteiger partial charge in [0.05, 0.1) is 34.4 Å². The van der Waals surface area contributed by atoms with Gasteiger partial charge in [0.1, 0.15) is 36.2 Å². The SMILES string of the molecule is CCc1ncc2c(P(C)(C)=O)c(Nc3nc(Nc4cc(CC)c(N5CCC6(CCN(CCc7cc(F)c([C@H]8CCC(=O)NC8=O)c(F)c7)CC6)CC5)cc4OC)ncc3Br)ccc2n1. The lowest BCUT2D eigenvalue weighted by molar-refractivity contribution is -0.134. The maximum absolute atomic E-state index is 15.1. The number of amides is 2. The topological polar surface area (TPSA) is 155 Å². The van der Waals surface area contributed by atoms with Crippen molar-refractivity contribution in [1.29, 1.82) is 0 Å². The van der Waals surface area contributed by atoms with Crippen LogP contribution in [0, 0.1) is 17.0 Å². The van der Waals surface area contributed by atoms with Crippen molar-refractivity contribution < 1.29 is 27.7 Å². The van der Waals surface area contributed by atoms with E-state index in [1.807, 2.05) is 19.1 Å². The van der Waals surface area contributed by atoms with Gasteiger partial charge in [-0.05, 0) is 134 Å². The first-order valence-corrected chi connectivity index (χ1v) is 25.5. The molecule has 1 atom stereocenters. The van der Waals surface area contributed by atoms with E-state index in [-0.39, 0.29) is 23.8 Å². The number of hydrogen-bond donors (Lipinski definition) is 3. The smallest absolute Gasteiger partial charge is 0.234 e. The Morgan fingerprint density at radius 2 is 1.64 bits per heavy atom. The van der Waals surface area contributed by atoms with Crippen molar-refractivity contribution in [2.45, 2.75) is 77.6 Å². The lowest BCUT2D eigenvalue weighted by Crippen LogP contribution is -2.47. The van der Waals surface area contributed by atoms with Gasteiger partial charge in [-0.3, -0.25) is 14.9 Å². The molecule has 64 heavy (non-hydrogen) atoms. The van der Waals surface area contributed by atoms with Crippen LogP contribution in [0.25, 0.3) is 10.9 Å². The summed E-state index contributed by atoms with van der Waals surface area (Å²) in [6, 6.07) is 10.7. The number of carbonyl (C=O) groups excluding carboxylic acids is 2. The number of methoxy groups -OCH3 is 1. The summed E-state index contributed by atoms with van der Waals surface area (Å²) in [5.74, 6) is -1.25. The van der Waals surface area contributed by atoms with Crippen molar-refractivity contribution >= 4 is 79.9 Å². The Morgan fingerprint density at radius 1 is 0.922 bits per heavy atom. The number of anilines is 5. The fourth-order valence-electron chi connectivity index (χ4n) is 9.54. The molecule has 338 valence electrons. The molecule has 3 fully saturated rings. The molecule has 5 aromatic rings. The third-order valence-electron chi connectivity index (χ3n) is 13.2. The highest BCUT2D eigenvalue weighted by Gasteiger charge is 2.38. The molecule has 0 radical (unpaired) electrons. The van der Waals surface area contributed by atoms with E-state index >= 15 is 8.78 Å². The molecular weight excluding hydrogens is 903 g/mol. The highest BCUT2D eigenvalue weighted by atomic mass is 79.9. The van der Waals surface area contributed by atoms with Gasteiger partial charge >= 0.3 is 0 Å². The molecule has 8 rings (SSSR count). The molecule has 0 bridgehead atoms. The minimum absolute atomic E-state index is 0.0636. The second-order valence-electron chi connectivity index (χ2n) is 17.6. The van der Waals surface area contributed by atoms with Crippen molar-refractivity contribution in [3.05, 3.63) is 87.4 Å². The number of benzene rings is 3. The maximum Gasteiger partial charge on any atom is 0.234 e. The molecule has 3 N–H and O–H groups in total. The molecule has 0 unspecified atom stereocenters. The third-order valence-corrected chi connectivity index (χ3v) is 15.3. The van der Waals surface area contributed by atoms with E-state index in [1.165, 1.54) is 17.7 Å². The number of hydrogen-bond acceptors (Lipinski definition) is 12. The Balaban J connectivity index is 0.898. The Bertz CT molecular complexity index is 2620. The van der Waals surface area contributed by atoms with Crippen LogP contribution in [0.15, 0.2) is 53.3 Å². The number of carbonyl (C=O) groups is 2.